The number of nitriles is 1. The van der Waals surface area contributed by atoms with Gasteiger partial charge in [-0.05, 0) is 50.0 Å². The molecule has 0 spiro atoms. The van der Waals surface area contributed by atoms with Crippen LogP contribution in [0.1, 0.15) is 55.7 Å². The largest absolute Gasteiger partial charge is 0.340 e. The Labute approximate surface area is 163 Å². The summed E-state index contributed by atoms with van der Waals surface area (Å²) < 4.78 is 0. The normalized spacial score (nSPS) is 18.0. The van der Waals surface area contributed by atoms with Gasteiger partial charge in [-0.3, -0.25) is 4.90 Å². The Hall–Kier alpha value is -1.25. The molecule has 1 aliphatic heterocycles. The lowest BCUT2D eigenvalue weighted by atomic mass is 9.88. The van der Waals surface area contributed by atoms with Gasteiger partial charge in [-0.1, -0.05) is 18.7 Å². The number of piperidine rings is 1. The lowest BCUT2D eigenvalue weighted by molar-refractivity contribution is -0.858. The molecule has 26 heavy (non-hydrogen) atoms. The molecule has 4 nitrogen and oxygen atoms in total. The second-order valence-corrected chi connectivity index (χ2v) is 9.39. The number of H-pyrrole nitrogens is 1. The van der Waals surface area contributed by atoms with Crippen LogP contribution in [0.25, 0.3) is 0 Å². The second-order valence-electron chi connectivity index (χ2n) is 8.28. The van der Waals surface area contributed by atoms with E-state index in [0.717, 1.165) is 48.2 Å². The van der Waals surface area contributed by atoms with E-state index in [1.54, 1.807) is 0 Å². The molecule has 0 amide bonds. The van der Waals surface area contributed by atoms with E-state index in [1.165, 1.54) is 60.5 Å². The topological polar surface area (TPSA) is 45.6 Å². The van der Waals surface area contributed by atoms with Crippen LogP contribution >= 0.6 is 11.8 Å². The van der Waals surface area contributed by atoms with Crippen LogP contribution in [0.3, 0.4) is 0 Å². The van der Waals surface area contributed by atoms with Crippen molar-refractivity contribution in [2.24, 2.45) is 5.92 Å². The fraction of sp³-hybridized carbons (Fsp3) is 0.714. The van der Waals surface area contributed by atoms with Gasteiger partial charge in [-0.2, -0.15) is 5.26 Å². The highest BCUT2D eigenvalue weighted by atomic mass is 32.2. The molecule has 0 unspecified atom stereocenters. The van der Waals surface area contributed by atoms with Gasteiger partial charge in [-0.15, -0.1) is 0 Å². The third-order valence-electron chi connectivity index (χ3n) is 5.79. The minimum atomic E-state index is 0.836. The van der Waals surface area contributed by atoms with Crippen molar-refractivity contribution >= 4 is 17.6 Å². The maximum Gasteiger partial charge on any atom is 0.278 e. The van der Waals surface area contributed by atoms with Crippen LogP contribution in [0.5, 0.6) is 0 Å². The SMILES string of the molecule is CC1CCN(c2[nH+]c(SCCC[NH+](C)C)c(C#N)c3c2CCCC3)CC1. The average molecular weight is 375 g/mol. The molecule has 2 N–H and O–H groups in total. The average Bonchev–Trinajstić information content (AvgIpc) is 2.65. The quantitative estimate of drug-likeness (QED) is 0.613. The molecule has 3 rings (SSSR count). The molecule has 142 valence electrons. The number of pyridine rings is 1. The fourth-order valence-electron chi connectivity index (χ4n) is 4.15. The molecule has 0 atom stereocenters. The first-order valence-corrected chi connectivity index (χ1v) is 11.3. The molecule has 0 bridgehead atoms. The summed E-state index contributed by atoms with van der Waals surface area (Å²) in [6, 6.07) is 2.53. The van der Waals surface area contributed by atoms with Gasteiger partial charge in [0.25, 0.3) is 5.82 Å². The van der Waals surface area contributed by atoms with Gasteiger partial charge in [0, 0.05) is 17.7 Å². The first-order chi connectivity index (χ1) is 12.6. The number of rotatable bonds is 6. The van der Waals surface area contributed by atoms with E-state index in [0.29, 0.717) is 0 Å². The highest BCUT2D eigenvalue weighted by molar-refractivity contribution is 7.99. The summed E-state index contributed by atoms with van der Waals surface area (Å²) in [5.41, 5.74) is 3.70. The van der Waals surface area contributed by atoms with Gasteiger partial charge in [0.2, 0.25) is 0 Å². The van der Waals surface area contributed by atoms with Crippen molar-refractivity contribution in [1.29, 1.82) is 5.26 Å². The van der Waals surface area contributed by atoms with E-state index in [2.05, 4.69) is 37.0 Å². The minimum Gasteiger partial charge on any atom is -0.340 e. The number of hydrogen-bond donors (Lipinski definition) is 1. The van der Waals surface area contributed by atoms with Crippen molar-refractivity contribution in [3.8, 4) is 6.07 Å². The number of aromatic nitrogens is 1. The Bertz CT molecular complexity index is 657. The van der Waals surface area contributed by atoms with E-state index in [1.807, 2.05) is 11.8 Å². The van der Waals surface area contributed by atoms with Crippen molar-refractivity contribution in [2.45, 2.75) is 56.9 Å². The van der Waals surface area contributed by atoms with Gasteiger partial charge in [0.1, 0.15) is 11.6 Å². The Morgan fingerprint density at radius 1 is 1.19 bits per heavy atom. The van der Waals surface area contributed by atoms with Crippen LogP contribution in [0.15, 0.2) is 5.03 Å². The van der Waals surface area contributed by atoms with Crippen molar-refractivity contribution in [1.82, 2.24) is 0 Å². The monoisotopic (exact) mass is 374 g/mol. The molecule has 2 aliphatic rings. The fourth-order valence-corrected chi connectivity index (χ4v) is 5.13. The van der Waals surface area contributed by atoms with Gasteiger partial charge in [0.15, 0.2) is 5.03 Å². The predicted molar refractivity (Wildman–Crippen MR) is 108 cm³/mol. The van der Waals surface area contributed by atoms with Gasteiger partial charge in [0.05, 0.1) is 33.7 Å². The van der Waals surface area contributed by atoms with Crippen LogP contribution < -0.4 is 14.8 Å². The smallest absolute Gasteiger partial charge is 0.278 e. The summed E-state index contributed by atoms with van der Waals surface area (Å²) in [4.78, 5) is 7.77. The molecule has 5 heteroatoms. The third-order valence-corrected chi connectivity index (χ3v) is 6.88. The zero-order chi connectivity index (χ0) is 18.5. The Kier molecular flexibility index (Phi) is 6.83. The summed E-state index contributed by atoms with van der Waals surface area (Å²) in [6.07, 6.45) is 8.39. The predicted octanol–water partition coefficient (Wildman–Crippen LogP) is 2.11. The van der Waals surface area contributed by atoms with Crippen LogP contribution in [-0.4, -0.2) is 39.5 Å². The molecule has 1 aliphatic carbocycles. The standard InChI is InChI=1S/C21H32N4S/c1-16-9-12-25(13-10-16)20-18-8-5-4-7-17(18)19(15-22)21(23-20)26-14-6-11-24(2)3/h16H,4-14H2,1-3H3/p+2. The number of aromatic amines is 1. The molecule has 2 heterocycles. The van der Waals surface area contributed by atoms with E-state index in [9.17, 15) is 5.26 Å². The molecule has 1 aromatic rings. The van der Waals surface area contributed by atoms with Gasteiger partial charge < -0.3 is 4.90 Å². The van der Waals surface area contributed by atoms with Crippen molar-refractivity contribution in [2.75, 3.05) is 44.4 Å². The van der Waals surface area contributed by atoms with Crippen molar-refractivity contribution in [3.63, 3.8) is 0 Å². The lowest BCUT2D eigenvalue weighted by Gasteiger charge is -2.29. The molecular weight excluding hydrogens is 340 g/mol. The number of thioether (sulfide) groups is 1. The lowest BCUT2D eigenvalue weighted by Crippen LogP contribution is -3.05. The first kappa shape index (κ1) is 19.5. The molecular formula is C21H34N4S+2. The summed E-state index contributed by atoms with van der Waals surface area (Å²) in [5, 5.41) is 11.0. The van der Waals surface area contributed by atoms with E-state index < -0.39 is 0 Å². The molecule has 0 radical (unpaired) electrons. The van der Waals surface area contributed by atoms with Crippen LogP contribution in [0.2, 0.25) is 0 Å². The minimum absolute atomic E-state index is 0.836. The van der Waals surface area contributed by atoms with Crippen LogP contribution in [0, 0.1) is 17.2 Å². The van der Waals surface area contributed by atoms with Gasteiger partial charge in [-0.25, -0.2) is 4.98 Å². The third kappa shape index (κ3) is 4.53. The summed E-state index contributed by atoms with van der Waals surface area (Å²) in [5.74, 6) is 3.24. The van der Waals surface area contributed by atoms with Crippen LogP contribution in [-0.2, 0) is 12.8 Å². The van der Waals surface area contributed by atoms with Crippen molar-refractivity contribution in [3.05, 3.63) is 16.7 Å². The number of hydrogen-bond acceptors (Lipinski definition) is 3. The van der Waals surface area contributed by atoms with E-state index in [-0.39, 0.29) is 0 Å². The first-order valence-electron chi connectivity index (χ1n) is 10.3. The molecule has 1 aromatic heterocycles. The zero-order valence-corrected chi connectivity index (χ0v) is 17.5. The Morgan fingerprint density at radius 2 is 1.88 bits per heavy atom. The highest BCUT2D eigenvalue weighted by Gasteiger charge is 2.31. The summed E-state index contributed by atoms with van der Waals surface area (Å²) in [6.45, 7) is 5.83. The maximum atomic E-state index is 9.85. The molecule has 1 saturated heterocycles. The van der Waals surface area contributed by atoms with Gasteiger partial charge >= 0.3 is 0 Å². The summed E-state index contributed by atoms with van der Waals surface area (Å²) in [7, 11) is 4.40. The molecule has 1 fully saturated rings. The van der Waals surface area contributed by atoms with Crippen molar-refractivity contribution < 1.29 is 9.88 Å². The number of anilines is 1. The van der Waals surface area contributed by atoms with Crippen LogP contribution in [0.4, 0.5) is 5.82 Å². The Balaban J connectivity index is 1.88. The second kappa shape index (κ2) is 9.10. The summed E-state index contributed by atoms with van der Waals surface area (Å²) >= 11 is 1.85. The van der Waals surface area contributed by atoms with E-state index >= 15 is 0 Å². The number of nitrogens with one attached hydrogen (secondary N) is 2. The molecule has 0 aromatic carbocycles. The van der Waals surface area contributed by atoms with E-state index in [4.69, 9.17) is 0 Å². The highest BCUT2D eigenvalue weighted by Crippen LogP contribution is 2.35. The zero-order valence-electron chi connectivity index (χ0n) is 16.7. The number of nitrogens with zero attached hydrogens (tertiary/aromatic N) is 2. The molecule has 0 saturated carbocycles. The number of fused-ring (bicyclic) bond motifs is 1. The number of quaternary nitrogens is 1. The Morgan fingerprint density at radius 3 is 2.54 bits per heavy atom. The maximum absolute atomic E-state index is 9.85.